The molecule has 3 aromatic rings. The summed E-state index contributed by atoms with van der Waals surface area (Å²) in [6.07, 6.45) is 1.54. The van der Waals surface area contributed by atoms with E-state index in [1.165, 1.54) is 7.05 Å². The second-order valence-electron chi connectivity index (χ2n) is 5.64. The number of pyridine rings is 1. The standard InChI is InChI=1S/C18H14Cl2N4O3/c1-24-16(13-4-2-3-7-21-13)23-14(15(25)18(24)27)17(26)22-9-10-5-6-11(19)12(20)8-10/h2-8,25H,9H2,1H3,(H,22,26). The first-order chi connectivity index (χ1) is 12.9. The van der Waals surface area contributed by atoms with E-state index in [1.807, 2.05) is 0 Å². The highest BCUT2D eigenvalue weighted by Crippen LogP contribution is 2.22. The number of rotatable bonds is 4. The molecule has 0 bridgehead atoms. The average molecular weight is 405 g/mol. The van der Waals surface area contributed by atoms with Crippen LogP contribution in [0.5, 0.6) is 5.75 Å². The summed E-state index contributed by atoms with van der Waals surface area (Å²) in [6.45, 7) is 0.116. The summed E-state index contributed by atoms with van der Waals surface area (Å²) < 4.78 is 1.13. The highest BCUT2D eigenvalue weighted by Gasteiger charge is 2.21. The third kappa shape index (κ3) is 3.94. The van der Waals surface area contributed by atoms with Crippen LogP contribution in [0.1, 0.15) is 16.1 Å². The molecular weight excluding hydrogens is 391 g/mol. The van der Waals surface area contributed by atoms with Crippen LogP contribution in [0.25, 0.3) is 11.5 Å². The van der Waals surface area contributed by atoms with Crippen LogP contribution >= 0.6 is 23.2 Å². The first-order valence-corrected chi connectivity index (χ1v) is 8.57. The van der Waals surface area contributed by atoms with Crippen molar-refractivity contribution < 1.29 is 9.90 Å². The SMILES string of the molecule is Cn1c(-c2ccccn2)nc(C(=O)NCc2ccc(Cl)c(Cl)c2)c(O)c1=O. The maximum atomic E-state index is 12.5. The van der Waals surface area contributed by atoms with Gasteiger partial charge in [-0.15, -0.1) is 0 Å². The fraction of sp³-hybridized carbons (Fsp3) is 0.111. The lowest BCUT2D eigenvalue weighted by molar-refractivity contribution is 0.0942. The highest BCUT2D eigenvalue weighted by molar-refractivity contribution is 6.42. The third-order valence-corrected chi connectivity index (χ3v) is 4.55. The number of nitrogens with zero attached hydrogens (tertiary/aromatic N) is 3. The number of aromatic nitrogens is 3. The van der Waals surface area contributed by atoms with Gasteiger partial charge < -0.3 is 10.4 Å². The Labute approximate surface area is 164 Å². The third-order valence-electron chi connectivity index (χ3n) is 3.81. The summed E-state index contributed by atoms with van der Waals surface area (Å²) in [5.41, 5.74) is -0.0224. The van der Waals surface area contributed by atoms with E-state index in [9.17, 15) is 14.7 Å². The monoisotopic (exact) mass is 404 g/mol. The van der Waals surface area contributed by atoms with Gasteiger partial charge in [-0.25, -0.2) is 4.98 Å². The summed E-state index contributed by atoms with van der Waals surface area (Å²) in [4.78, 5) is 33.0. The Balaban J connectivity index is 1.91. The Morgan fingerprint density at radius 1 is 1.22 bits per heavy atom. The lowest BCUT2D eigenvalue weighted by atomic mass is 10.2. The van der Waals surface area contributed by atoms with Crippen molar-refractivity contribution >= 4 is 29.1 Å². The fourth-order valence-corrected chi connectivity index (χ4v) is 2.71. The minimum absolute atomic E-state index is 0.116. The predicted molar refractivity (Wildman–Crippen MR) is 102 cm³/mol. The average Bonchev–Trinajstić information content (AvgIpc) is 2.68. The molecular formula is C18H14Cl2N4O3. The van der Waals surface area contributed by atoms with E-state index in [2.05, 4.69) is 15.3 Å². The van der Waals surface area contributed by atoms with Crippen LogP contribution in [0, 0.1) is 0 Å². The number of aromatic hydroxyl groups is 1. The van der Waals surface area contributed by atoms with Crippen LogP contribution in [0.4, 0.5) is 0 Å². The predicted octanol–water partition coefficient (Wildman–Crippen LogP) is 2.78. The molecule has 0 aliphatic heterocycles. The minimum Gasteiger partial charge on any atom is -0.501 e. The van der Waals surface area contributed by atoms with Crippen LogP contribution in [-0.4, -0.2) is 25.5 Å². The molecule has 9 heteroatoms. The van der Waals surface area contributed by atoms with Gasteiger partial charge in [0.05, 0.1) is 10.0 Å². The number of hydrogen-bond donors (Lipinski definition) is 2. The number of amides is 1. The lowest BCUT2D eigenvalue weighted by Crippen LogP contribution is -2.29. The van der Waals surface area contributed by atoms with Gasteiger partial charge in [-0.05, 0) is 29.8 Å². The summed E-state index contributed by atoms with van der Waals surface area (Å²) >= 11 is 11.8. The molecule has 0 aliphatic rings. The number of halogens is 2. The molecule has 0 unspecified atom stereocenters. The van der Waals surface area contributed by atoms with Crippen molar-refractivity contribution in [3.8, 4) is 17.3 Å². The van der Waals surface area contributed by atoms with Crippen LogP contribution < -0.4 is 10.9 Å². The van der Waals surface area contributed by atoms with Crippen molar-refractivity contribution in [2.24, 2.45) is 7.05 Å². The summed E-state index contributed by atoms with van der Waals surface area (Å²) in [7, 11) is 1.44. The van der Waals surface area contributed by atoms with Gasteiger partial charge in [0.2, 0.25) is 5.75 Å². The van der Waals surface area contributed by atoms with Crippen molar-refractivity contribution in [3.05, 3.63) is 74.3 Å². The fourth-order valence-electron chi connectivity index (χ4n) is 2.39. The zero-order chi connectivity index (χ0) is 19.6. The molecule has 138 valence electrons. The molecule has 1 amide bonds. The lowest BCUT2D eigenvalue weighted by Gasteiger charge is -2.11. The van der Waals surface area contributed by atoms with Crippen molar-refractivity contribution in [3.63, 3.8) is 0 Å². The van der Waals surface area contributed by atoms with Crippen molar-refractivity contribution in [2.75, 3.05) is 0 Å². The Bertz CT molecular complexity index is 1070. The minimum atomic E-state index is -0.745. The van der Waals surface area contributed by atoms with Crippen LogP contribution in [0.15, 0.2) is 47.4 Å². The van der Waals surface area contributed by atoms with E-state index in [-0.39, 0.29) is 18.1 Å². The van der Waals surface area contributed by atoms with Crippen molar-refractivity contribution in [2.45, 2.75) is 6.54 Å². The summed E-state index contributed by atoms with van der Waals surface area (Å²) in [5.74, 6) is -1.27. The largest absolute Gasteiger partial charge is 0.501 e. The zero-order valence-electron chi connectivity index (χ0n) is 14.1. The molecule has 0 radical (unpaired) electrons. The molecule has 0 saturated carbocycles. The van der Waals surface area contributed by atoms with Gasteiger partial charge in [0.15, 0.2) is 11.5 Å². The molecule has 3 rings (SSSR count). The van der Waals surface area contributed by atoms with Gasteiger partial charge in [0.1, 0.15) is 5.69 Å². The van der Waals surface area contributed by atoms with E-state index in [0.717, 1.165) is 4.57 Å². The van der Waals surface area contributed by atoms with Crippen molar-refractivity contribution in [1.29, 1.82) is 0 Å². The molecule has 1 aromatic carbocycles. The molecule has 0 spiro atoms. The van der Waals surface area contributed by atoms with Gasteiger partial charge in [-0.3, -0.25) is 19.1 Å². The second-order valence-corrected chi connectivity index (χ2v) is 6.46. The topological polar surface area (TPSA) is 97.1 Å². The number of benzene rings is 1. The Hall–Kier alpha value is -2.90. The van der Waals surface area contributed by atoms with Gasteiger partial charge in [0.25, 0.3) is 11.5 Å². The molecule has 2 N–H and O–H groups in total. The molecule has 27 heavy (non-hydrogen) atoms. The molecule has 0 fully saturated rings. The van der Waals surface area contributed by atoms with Gasteiger partial charge in [0, 0.05) is 19.8 Å². The van der Waals surface area contributed by atoms with E-state index >= 15 is 0 Å². The number of hydrogen-bond acceptors (Lipinski definition) is 5. The maximum absolute atomic E-state index is 12.5. The number of carbonyl (C=O) groups is 1. The zero-order valence-corrected chi connectivity index (χ0v) is 15.6. The number of nitrogens with one attached hydrogen (secondary N) is 1. The normalized spacial score (nSPS) is 10.6. The van der Waals surface area contributed by atoms with E-state index in [4.69, 9.17) is 23.2 Å². The van der Waals surface area contributed by atoms with E-state index in [0.29, 0.717) is 21.3 Å². The first kappa shape index (κ1) is 18.9. The first-order valence-electron chi connectivity index (χ1n) is 7.82. The van der Waals surface area contributed by atoms with Crippen LogP contribution in [0.3, 0.4) is 0 Å². The maximum Gasteiger partial charge on any atom is 0.296 e. The summed E-state index contributed by atoms with van der Waals surface area (Å²) in [6, 6.07) is 10.0. The van der Waals surface area contributed by atoms with Gasteiger partial charge >= 0.3 is 0 Å². The Kier molecular flexibility index (Phi) is 5.43. The smallest absolute Gasteiger partial charge is 0.296 e. The Morgan fingerprint density at radius 3 is 2.67 bits per heavy atom. The van der Waals surface area contributed by atoms with Gasteiger partial charge in [-0.1, -0.05) is 35.3 Å². The molecule has 0 saturated heterocycles. The van der Waals surface area contributed by atoms with Crippen LogP contribution in [-0.2, 0) is 13.6 Å². The molecule has 2 heterocycles. The molecule has 0 atom stereocenters. The molecule has 7 nitrogen and oxygen atoms in total. The van der Waals surface area contributed by atoms with Crippen molar-refractivity contribution in [1.82, 2.24) is 19.9 Å². The summed E-state index contributed by atoms with van der Waals surface area (Å²) in [5, 5.41) is 13.4. The highest BCUT2D eigenvalue weighted by atomic mass is 35.5. The van der Waals surface area contributed by atoms with Gasteiger partial charge in [-0.2, -0.15) is 0 Å². The van der Waals surface area contributed by atoms with E-state index < -0.39 is 17.2 Å². The van der Waals surface area contributed by atoms with E-state index in [1.54, 1.807) is 42.6 Å². The molecule has 2 aromatic heterocycles. The second kappa shape index (κ2) is 7.77. The Morgan fingerprint density at radius 2 is 2.00 bits per heavy atom. The van der Waals surface area contributed by atoms with Crippen LogP contribution in [0.2, 0.25) is 10.0 Å². The number of carbonyl (C=O) groups excluding carboxylic acids is 1. The molecule has 0 aliphatic carbocycles. The quantitative estimate of drug-likeness (QED) is 0.696.